The van der Waals surface area contributed by atoms with Crippen LogP contribution in [0.4, 0.5) is 4.79 Å². The Morgan fingerprint density at radius 1 is 0.865 bits per heavy atom. The SMILES string of the molecule is C/C=C\C=C(/C)C(c1cccc(Cl)c1Cl)N1CCN(C(=O)NC(c2ccccc2)c2ccccc2)CC1. The Bertz CT molecular complexity index is 1200. The zero-order valence-corrected chi connectivity index (χ0v) is 22.8. The normalized spacial score (nSPS) is 15.8. The maximum Gasteiger partial charge on any atom is 0.318 e. The molecule has 6 heteroatoms. The first-order chi connectivity index (χ1) is 18.0. The van der Waals surface area contributed by atoms with Gasteiger partial charge in [0, 0.05) is 26.2 Å². The molecule has 0 bridgehead atoms. The fourth-order valence-electron chi connectivity index (χ4n) is 4.85. The molecule has 192 valence electrons. The fourth-order valence-corrected chi connectivity index (χ4v) is 5.26. The molecule has 4 rings (SSSR count). The molecule has 0 saturated carbocycles. The summed E-state index contributed by atoms with van der Waals surface area (Å²) in [6.45, 7) is 6.81. The summed E-state index contributed by atoms with van der Waals surface area (Å²) < 4.78 is 0. The highest BCUT2D eigenvalue weighted by Gasteiger charge is 2.30. The summed E-state index contributed by atoms with van der Waals surface area (Å²) >= 11 is 13.0. The van der Waals surface area contributed by atoms with Crippen LogP contribution < -0.4 is 5.32 Å². The van der Waals surface area contributed by atoms with Crippen molar-refractivity contribution in [1.29, 1.82) is 0 Å². The highest BCUT2D eigenvalue weighted by molar-refractivity contribution is 6.42. The third-order valence-electron chi connectivity index (χ3n) is 6.76. The van der Waals surface area contributed by atoms with Gasteiger partial charge in [0.05, 0.1) is 22.1 Å². The molecular formula is C31H33Cl2N3O. The van der Waals surface area contributed by atoms with Crippen molar-refractivity contribution in [1.82, 2.24) is 15.1 Å². The smallest absolute Gasteiger partial charge is 0.318 e. The molecule has 37 heavy (non-hydrogen) atoms. The van der Waals surface area contributed by atoms with Gasteiger partial charge >= 0.3 is 6.03 Å². The van der Waals surface area contributed by atoms with Gasteiger partial charge in [-0.25, -0.2) is 4.79 Å². The Morgan fingerprint density at radius 2 is 1.46 bits per heavy atom. The zero-order chi connectivity index (χ0) is 26.2. The predicted octanol–water partition coefficient (Wildman–Crippen LogP) is 7.67. The standard InChI is InChI=1S/C31H33Cl2N3O/c1-3-4-12-23(2)30(26-17-11-18-27(32)28(26)33)35-19-21-36(22-20-35)31(37)34-29(24-13-7-5-8-14-24)25-15-9-6-10-16-25/h3-18,29-30H,19-22H2,1-2H3,(H,34,37)/b4-3-,23-12+. The molecule has 2 amide bonds. The van der Waals surface area contributed by atoms with Crippen molar-refractivity contribution >= 4 is 29.2 Å². The average Bonchev–Trinajstić information content (AvgIpc) is 2.94. The third-order valence-corrected chi connectivity index (χ3v) is 7.59. The lowest BCUT2D eigenvalue weighted by Gasteiger charge is -2.40. The van der Waals surface area contributed by atoms with Crippen LogP contribution >= 0.6 is 23.2 Å². The van der Waals surface area contributed by atoms with Gasteiger partial charge in [-0.2, -0.15) is 0 Å². The number of nitrogens with one attached hydrogen (secondary N) is 1. The van der Waals surface area contributed by atoms with E-state index in [2.05, 4.69) is 47.5 Å². The molecule has 1 atom stereocenters. The van der Waals surface area contributed by atoms with Gasteiger partial charge in [-0.05, 0) is 36.6 Å². The van der Waals surface area contributed by atoms with Crippen LogP contribution in [0, 0.1) is 0 Å². The van der Waals surface area contributed by atoms with Gasteiger partial charge in [-0.1, -0.05) is 120 Å². The third kappa shape index (κ3) is 6.64. The molecule has 1 aliphatic heterocycles. The van der Waals surface area contributed by atoms with Gasteiger partial charge in [-0.15, -0.1) is 0 Å². The number of allylic oxidation sites excluding steroid dienone is 3. The highest BCUT2D eigenvalue weighted by atomic mass is 35.5. The summed E-state index contributed by atoms with van der Waals surface area (Å²) in [5.41, 5.74) is 4.27. The Balaban J connectivity index is 1.50. The van der Waals surface area contributed by atoms with Gasteiger partial charge in [-0.3, -0.25) is 4.90 Å². The van der Waals surface area contributed by atoms with Crippen LogP contribution in [0.1, 0.15) is 42.6 Å². The largest absolute Gasteiger partial charge is 0.327 e. The zero-order valence-electron chi connectivity index (χ0n) is 21.3. The van der Waals surface area contributed by atoms with Crippen LogP contribution in [0.25, 0.3) is 0 Å². The first-order valence-electron chi connectivity index (χ1n) is 12.6. The van der Waals surface area contributed by atoms with E-state index in [0.29, 0.717) is 23.1 Å². The summed E-state index contributed by atoms with van der Waals surface area (Å²) in [4.78, 5) is 17.7. The number of amides is 2. The van der Waals surface area contributed by atoms with E-state index < -0.39 is 0 Å². The lowest BCUT2D eigenvalue weighted by molar-refractivity contribution is 0.118. The van der Waals surface area contributed by atoms with Crippen molar-refractivity contribution in [3.8, 4) is 0 Å². The monoisotopic (exact) mass is 533 g/mol. The summed E-state index contributed by atoms with van der Waals surface area (Å²) in [5.74, 6) is 0. The number of halogens is 2. The van der Waals surface area contributed by atoms with E-state index in [0.717, 1.165) is 29.8 Å². The van der Waals surface area contributed by atoms with E-state index in [-0.39, 0.29) is 18.1 Å². The van der Waals surface area contributed by atoms with Gasteiger partial charge < -0.3 is 10.2 Å². The van der Waals surface area contributed by atoms with Crippen LogP contribution in [0.3, 0.4) is 0 Å². The van der Waals surface area contributed by atoms with Crippen LogP contribution in [0.5, 0.6) is 0 Å². The van der Waals surface area contributed by atoms with Gasteiger partial charge in [0.15, 0.2) is 0 Å². The Hall–Kier alpha value is -3.05. The van der Waals surface area contributed by atoms with Crippen LogP contribution in [-0.4, -0.2) is 42.0 Å². The molecule has 1 aliphatic rings. The first kappa shape index (κ1) is 27.0. The number of benzene rings is 3. The van der Waals surface area contributed by atoms with E-state index in [1.165, 1.54) is 5.57 Å². The number of urea groups is 1. The van der Waals surface area contributed by atoms with E-state index in [9.17, 15) is 4.79 Å². The van der Waals surface area contributed by atoms with E-state index in [1.54, 1.807) is 0 Å². The molecule has 3 aromatic rings. The van der Waals surface area contributed by atoms with Gasteiger partial charge in [0.2, 0.25) is 0 Å². The van der Waals surface area contributed by atoms with E-state index in [1.807, 2.05) is 78.6 Å². The van der Waals surface area contributed by atoms with Crippen LogP contribution in [0.2, 0.25) is 10.0 Å². The molecule has 1 unspecified atom stereocenters. The first-order valence-corrected chi connectivity index (χ1v) is 13.4. The summed E-state index contributed by atoms with van der Waals surface area (Å²) in [6, 6.07) is 25.7. The molecule has 3 aromatic carbocycles. The minimum atomic E-state index is -0.211. The van der Waals surface area contributed by atoms with Crippen molar-refractivity contribution in [3.63, 3.8) is 0 Å². The maximum absolute atomic E-state index is 13.4. The minimum Gasteiger partial charge on any atom is -0.327 e. The molecule has 1 fully saturated rings. The van der Waals surface area contributed by atoms with Crippen LogP contribution in [0.15, 0.2) is 103 Å². The highest BCUT2D eigenvalue weighted by Crippen LogP contribution is 2.37. The molecular weight excluding hydrogens is 501 g/mol. The Kier molecular flexibility index (Phi) is 9.45. The molecule has 1 N–H and O–H groups in total. The Morgan fingerprint density at radius 3 is 2.03 bits per heavy atom. The summed E-state index contributed by atoms with van der Waals surface area (Å²) in [7, 11) is 0. The number of hydrogen-bond acceptors (Lipinski definition) is 2. The molecule has 1 heterocycles. The van der Waals surface area contributed by atoms with Crippen LogP contribution in [-0.2, 0) is 0 Å². The maximum atomic E-state index is 13.4. The molecule has 0 spiro atoms. The van der Waals surface area contributed by atoms with Crippen molar-refractivity contribution in [3.05, 3.63) is 129 Å². The number of hydrogen-bond donors (Lipinski definition) is 1. The minimum absolute atomic E-state index is 0.0194. The number of carbonyl (C=O) groups is 1. The lowest BCUT2D eigenvalue weighted by atomic mass is 9.96. The molecule has 0 radical (unpaired) electrons. The van der Waals surface area contributed by atoms with Crippen molar-refractivity contribution in [2.45, 2.75) is 25.9 Å². The molecule has 0 aromatic heterocycles. The summed E-state index contributed by atoms with van der Waals surface area (Å²) in [6.07, 6.45) is 6.17. The average molecular weight is 535 g/mol. The Labute approximate surface area is 230 Å². The molecule has 1 saturated heterocycles. The van der Waals surface area contributed by atoms with Crippen molar-refractivity contribution in [2.75, 3.05) is 26.2 Å². The second-order valence-electron chi connectivity index (χ2n) is 9.21. The topological polar surface area (TPSA) is 35.6 Å². The fraction of sp³-hybridized carbons (Fsp3) is 0.258. The second-order valence-corrected chi connectivity index (χ2v) is 9.99. The number of piperazine rings is 1. The number of nitrogens with zero attached hydrogens (tertiary/aromatic N) is 2. The lowest BCUT2D eigenvalue weighted by Crippen LogP contribution is -2.53. The number of rotatable bonds is 7. The predicted molar refractivity (Wildman–Crippen MR) is 154 cm³/mol. The van der Waals surface area contributed by atoms with E-state index >= 15 is 0 Å². The molecule has 4 nitrogen and oxygen atoms in total. The summed E-state index contributed by atoms with van der Waals surface area (Å²) in [5, 5.41) is 4.40. The second kappa shape index (κ2) is 13.0. The quantitative estimate of drug-likeness (QED) is 0.316. The number of carbonyl (C=O) groups excluding carboxylic acids is 1. The van der Waals surface area contributed by atoms with E-state index in [4.69, 9.17) is 23.2 Å². The van der Waals surface area contributed by atoms with Gasteiger partial charge in [0.1, 0.15) is 0 Å². The van der Waals surface area contributed by atoms with Crippen molar-refractivity contribution in [2.24, 2.45) is 0 Å². The molecule has 0 aliphatic carbocycles. The van der Waals surface area contributed by atoms with Crippen molar-refractivity contribution < 1.29 is 4.79 Å². The van der Waals surface area contributed by atoms with Gasteiger partial charge in [0.25, 0.3) is 0 Å².